The van der Waals surface area contributed by atoms with Gasteiger partial charge in [0.2, 0.25) is 0 Å². The Hall–Kier alpha value is -1.39. The topological polar surface area (TPSA) is 34.2 Å². The smallest absolute Gasteiger partial charge is 0.140 e. The number of ether oxygens (including phenoxy) is 1. The van der Waals surface area contributed by atoms with Crippen LogP contribution < -0.4 is 10.1 Å². The molecule has 0 aliphatic rings. The summed E-state index contributed by atoms with van der Waals surface area (Å²) in [6.45, 7) is 2.65. The molecule has 0 bridgehead atoms. The van der Waals surface area contributed by atoms with Crippen LogP contribution in [-0.4, -0.2) is 12.0 Å². The Morgan fingerprint density at radius 1 is 1.35 bits per heavy atom. The lowest BCUT2D eigenvalue weighted by molar-refractivity contribution is 0.305. The first-order valence-corrected chi connectivity index (χ1v) is 6.41. The molecule has 1 N–H and O–H groups in total. The van der Waals surface area contributed by atoms with Crippen LogP contribution in [0.5, 0.6) is 5.75 Å². The van der Waals surface area contributed by atoms with E-state index in [4.69, 9.17) is 4.74 Å². The van der Waals surface area contributed by atoms with Crippen molar-refractivity contribution in [1.82, 2.24) is 10.3 Å². The van der Waals surface area contributed by atoms with Crippen LogP contribution >= 0.6 is 11.3 Å². The molecule has 90 valence electrons. The van der Waals surface area contributed by atoms with Gasteiger partial charge in [0.15, 0.2) is 0 Å². The molecule has 1 heterocycles. The van der Waals surface area contributed by atoms with Gasteiger partial charge in [0.05, 0.1) is 0 Å². The van der Waals surface area contributed by atoms with Gasteiger partial charge < -0.3 is 10.1 Å². The molecule has 0 saturated carbocycles. The van der Waals surface area contributed by atoms with Crippen molar-refractivity contribution in [2.75, 3.05) is 7.05 Å². The summed E-state index contributed by atoms with van der Waals surface area (Å²) in [5.74, 6) is 0.880. The molecule has 1 unspecified atom stereocenters. The van der Waals surface area contributed by atoms with Gasteiger partial charge >= 0.3 is 0 Å². The molecule has 0 spiro atoms. The summed E-state index contributed by atoms with van der Waals surface area (Å²) < 4.78 is 5.65. The van der Waals surface area contributed by atoms with E-state index >= 15 is 0 Å². The molecule has 0 saturated heterocycles. The van der Waals surface area contributed by atoms with E-state index in [1.807, 2.05) is 43.6 Å². The van der Waals surface area contributed by atoms with Crippen LogP contribution in [0.25, 0.3) is 0 Å². The highest BCUT2D eigenvalue weighted by Gasteiger charge is 2.07. The first-order valence-electron chi connectivity index (χ1n) is 5.59. The summed E-state index contributed by atoms with van der Waals surface area (Å²) in [6.07, 6.45) is 1.91. The van der Waals surface area contributed by atoms with E-state index in [0.717, 1.165) is 10.8 Å². The quantitative estimate of drug-likeness (QED) is 0.883. The molecule has 0 fully saturated rings. The van der Waals surface area contributed by atoms with Crippen molar-refractivity contribution in [3.63, 3.8) is 0 Å². The Kier molecular flexibility index (Phi) is 4.12. The Bertz CT molecular complexity index is 455. The third-order valence-electron chi connectivity index (χ3n) is 2.54. The number of aromatic nitrogens is 1. The zero-order valence-corrected chi connectivity index (χ0v) is 10.8. The van der Waals surface area contributed by atoms with Crippen molar-refractivity contribution < 1.29 is 4.74 Å². The van der Waals surface area contributed by atoms with Crippen molar-refractivity contribution in [2.45, 2.75) is 19.6 Å². The minimum absolute atomic E-state index is 0.345. The summed E-state index contributed by atoms with van der Waals surface area (Å²) in [5, 5.41) is 4.20. The largest absolute Gasteiger partial charge is 0.486 e. The van der Waals surface area contributed by atoms with E-state index < -0.39 is 0 Å². The number of para-hydroxylation sites is 1. The molecule has 1 aromatic carbocycles. The molecule has 0 radical (unpaired) electrons. The maximum atomic E-state index is 5.65. The molecule has 17 heavy (non-hydrogen) atoms. The molecule has 2 aromatic rings. The second kappa shape index (κ2) is 5.80. The molecular formula is C13H16N2OS. The van der Waals surface area contributed by atoms with E-state index in [2.05, 4.69) is 17.2 Å². The van der Waals surface area contributed by atoms with E-state index in [0.29, 0.717) is 12.6 Å². The summed E-state index contributed by atoms with van der Waals surface area (Å²) in [7, 11) is 1.95. The molecule has 1 aromatic heterocycles. The summed E-state index contributed by atoms with van der Waals surface area (Å²) in [5.41, 5.74) is 0. The van der Waals surface area contributed by atoms with Gasteiger partial charge in [-0.3, -0.25) is 0 Å². The zero-order chi connectivity index (χ0) is 12.1. The van der Waals surface area contributed by atoms with E-state index in [-0.39, 0.29) is 0 Å². The molecule has 0 amide bonds. The Labute approximate surface area is 105 Å². The number of thiazole rings is 1. The fraction of sp³-hybridized carbons (Fsp3) is 0.308. The van der Waals surface area contributed by atoms with Gasteiger partial charge in [-0.25, -0.2) is 4.98 Å². The highest BCUT2D eigenvalue weighted by Crippen LogP contribution is 2.21. The van der Waals surface area contributed by atoms with Crippen LogP contribution in [0.3, 0.4) is 0 Å². The van der Waals surface area contributed by atoms with Crippen LogP contribution in [0, 0.1) is 0 Å². The highest BCUT2D eigenvalue weighted by atomic mass is 32.1. The number of rotatable bonds is 5. The fourth-order valence-corrected chi connectivity index (χ4v) is 2.29. The predicted octanol–water partition coefficient (Wildman–Crippen LogP) is 3.00. The van der Waals surface area contributed by atoms with Gasteiger partial charge in [-0.05, 0) is 26.1 Å². The monoisotopic (exact) mass is 248 g/mol. The van der Waals surface area contributed by atoms with Gasteiger partial charge in [-0.2, -0.15) is 0 Å². The van der Waals surface area contributed by atoms with Crippen molar-refractivity contribution in [2.24, 2.45) is 0 Å². The Morgan fingerprint density at radius 2 is 2.12 bits per heavy atom. The lowest BCUT2D eigenvalue weighted by Crippen LogP contribution is -2.10. The number of hydrogen-bond acceptors (Lipinski definition) is 4. The minimum atomic E-state index is 0.345. The SMILES string of the molecule is CNC(C)c1cnc(COc2ccccc2)s1. The Morgan fingerprint density at radius 3 is 2.82 bits per heavy atom. The number of benzene rings is 1. The van der Waals surface area contributed by atoms with Crippen molar-refractivity contribution in [3.05, 3.63) is 46.4 Å². The summed E-state index contributed by atoms with van der Waals surface area (Å²) in [6, 6.07) is 10.1. The average molecular weight is 248 g/mol. The third kappa shape index (κ3) is 3.28. The highest BCUT2D eigenvalue weighted by molar-refractivity contribution is 7.11. The van der Waals surface area contributed by atoms with Gasteiger partial charge in [0, 0.05) is 17.1 Å². The molecule has 0 aliphatic carbocycles. The van der Waals surface area contributed by atoms with Gasteiger partial charge in [-0.15, -0.1) is 11.3 Å². The Balaban J connectivity index is 1.94. The average Bonchev–Trinajstić information content (AvgIpc) is 2.85. The molecule has 2 rings (SSSR count). The first kappa shape index (κ1) is 12.1. The summed E-state index contributed by atoms with van der Waals surface area (Å²) in [4.78, 5) is 5.59. The van der Waals surface area contributed by atoms with Crippen LogP contribution in [0.15, 0.2) is 36.5 Å². The van der Waals surface area contributed by atoms with E-state index in [1.165, 1.54) is 4.88 Å². The van der Waals surface area contributed by atoms with E-state index in [1.54, 1.807) is 11.3 Å². The maximum Gasteiger partial charge on any atom is 0.140 e. The molecule has 0 aliphatic heterocycles. The minimum Gasteiger partial charge on any atom is -0.486 e. The molecule has 3 nitrogen and oxygen atoms in total. The fourth-order valence-electron chi connectivity index (χ4n) is 1.40. The molecule has 4 heteroatoms. The van der Waals surface area contributed by atoms with Gasteiger partial charge in [0.25, 0.3) is 0 Å². The summed E-state index contributed by atoms with van der Waals surface area (Å²) >= 11 is 1.69. The van der Waals surface area contributed by atoms with Crippen LogP contribution in [-0.2, 0) is 6.61 Å². The van der Waals surface area contributed by atoms with Gasteiger partial charge in [0.1, 0.15) is 17.4 Å². The second-order valence-electron chi connectivity index (χ2n) is 3.77. The van der Waals surface area contributed by atoms with Crippen LogP contribution in [0.4, 0.5) is 0 Å². The zero-order valence-electron chi connectivity index (χ0n) is 10.0. The standard InChI is InChI=1S/C13H16N2OS/c1-10(14-2)12-8-15-13(17-12)9-16-11-6-4-3-5-7-11/h3-8,10,14H,9H2,1-2H3. The lowest BCUT2D eigenvalue weighted by atomic mass is 10.3. The predicted molar refractivity (Wildman–Crippen MR) is 70.4 cm³/mol. The number of hydrogen-bond donors (Lipinski definition) is 1. The van der Waals surface area contributed by atoms with Crippen molar-refractivity contribution in [3.8, 4) is 5.75 Å². The van der Waals surface area contributed by atoms with Gasteiger partial charge in [-0.1, -0.05) is 18.2 Å². The number of nitrogens with one attached hydrogen (secondary N) is 1. The maximum absolute atomic E-state index is 5.65. The lowest BCUT2D eigenvalue weighted by Gasteiger charge is -2.05. The van der Waals surface area contributed by atoms with Crippen LogP contribution in [0.2, 0.25) is 0 Å². The molecule has 1 atom stereocenters. The first-order chi connectivity index (χ1) is 8.29. The van der Waals surface area contributed by atoms with E-state index in [9.17, 15) is 0 Å². The van der Waals surface area contributed by atoms with Crippen molar-refractivity contribution >= 4 is 11.3 Å². The third-order valence-corrected chi connectivity index (χ3v) is 3.69. The second-order valence-corrected chi connectivity index (χ2v) is 4.92. The normalized spacial score (nSPS) is 12.4. The van der Waals surface area contributed by atoms with Crippen LogP contribution in [0.1, 0.15) is 22.9 Å². The van der Waals surface area contributed by atoms with Crippen molar-refractivity contribution in [1.29, 1.82) is 0 Å². The molecular weight excluding hydrogens is 232 g/mol. The number of nitrogens with zero attached hydrogens (tertiary/aromatic N) is 1.